The lowest BCUT2D eigenvalue weighted by Crippen LogP contribution is -2.31. The van der Waals surface area contributed by atoms with Crippen LogP contribution in [0.4, 0.5) is 0 Å². The summed E-state index contributed by atoms with van der Waals surface area (Å²) in [7, 11) is 1.42. The number of benzene rings is 1. The molecule has 1 aromatic rings. The molecule has 0 saturated heterocycles. The number of carbonyl (C=O) groups excluding carboxylic acids is 1. The molecule has 1 fully saturated rings. The predicted molar refractivity (Wildman–Crippen MR) is 77.7 cm³/mol. The number of hydrogen-bond acceptors (Lipinski definition) is 4. The highest BCUT2D eigenvalue weighted by Gasteiger charge is 2.26. The Hall–Kier alpha value is -1.55. The van der Waals surface area contributed by atoms with Crippen LogP contribution in [0, 0.1) is 5.92 Å². The van der Waals surface area contributed by atoms with Crippen molar-refractivity contribution in [1.82, 2.24) is 5.32 Å². The molecule has 0 amide bonds. The van der Waals surface area contributed by atoms with Gasteiger partial charge in [-0.25, -0.2) is 4.79 Å². The fraction of sp³-hybridized carbons (Fsp3) is 0.562. The molecule has 0 spiro atoms. The van der Waals surface area contributed by atoms with E-state index in [9.17, 15) is 4.79 Å². The van der Waals surface area contributed by atoms with Crippen molar-refractivity contribution in [1.29, 1.82) is 0 Å². The van der Waals surface area contributed by atoms with Gasteiger partial charge in [0.05, 0.1) is 13.2 Å². The van der Waals surface area contributed by atoms with Crippen molar-refractivity contribution in [2.45, 2.75) is 38.8 Å². The molecule has 4 nitrogen and oxygen atoms in total. The second kappa shape index (κ2) is 6.75. The van der Waals surface area contributed by atoms with Gasteiger partial charge in [-0.3, -0.25) is 0 Å². The maximum Gasteiger partial charge on any atom is 0.327 e. The molecule has 0 aliphatic heterocycles. The van der Waals surface area contributed by atoms with Crippen molar-refractivity contribution in [3.63, 3.8) is 0 Å². The molecule has 1 aromatic carbocycles. The summed E-state index contributed by atoms with van der Waals surface area (Å²) in [5.41, 5.74) is 0.885. The summed E-state index contributed by atoms with van der Waals surface area (Å²) in [6.07, 6.45) is 2.61. The number of rotatable bonds is 7. The van der Waals surface area contributed by atoms with Crippen LogP contribution >= 0.6 is 0 Å². The minimum absolute atomic E-state index is 0.112. The van der Waals surface area contributed by atoms with E-state index in [4.69, 9.17) is 9.47 Å². The average molecular weight is 277 g/mol. The van der Waals surface area contributed by atoms with E-state index in [2.05, 4.69) is 5.32 Å². The van der Waals surface area contributed by atoms with Crippen molar-refractivity contribution in [3.8, 4) is 5.75 Å². The topological polar surface area (TPSA) is 47.6 Å². The zero-order chi connectivity index (χ0) is 14.5. The van der Waals surface area contributed by atoms with Crippen LogP contribution in [0.15, 0.2) is 24.3 Å². The van der Waals surface area contributed by atoms with E-state index < -0.39 is 6.04 Å². The summed E-state index contributed by atoms with van der Waals surface area (Å²) in [6.45, 7) is 4.82. The molecule has 0 radical (unpaired) electrons. The minimum Gasteiger partial charge on any atom is -0.491 e. The molecule has 2 rings (SSSR count). The molecule has 0 bridgehead atoms. The zero-order valence-corrected chi connectivity index (χ0v) is 12.4. The third-order valence-electron chi connectivity index (χ3n) is 3.31. The monoisotopic (exact) mass is 277 g/mol. The molecule has 110 valence electrons. The maximum atomic E-state index is 12.0. The van der Waals surface area contributed by atoms with Gasteiger partial charge < -0.3 is 14.8 Å². The van der Waals surface area contributed by atoms with Crippen LogP contribution in [0.5, 0.6) is 5.75 Å². The lowest BCUT2D eigenvalue weighted by molar-refractivity contribution is -0.143. The van der Waals surface area contributed by atoms with Gasteiger partial charge in [0, 0.05) is 0 Å². The molecule has 0 heterocycles. The first-order valence-corrected chi connectivity index (χ1v) is 7.18. The zero-order valence-electron chi connectivity index (χ0n) is 12.4. The van der Waals surface area contributed by atoms with Crippen LogP contribution in [-0.4, -0.2) is 25.7 Å². The van der Waals surface area contributed by atoms with Crippen molar-refractivity contribution in [3.05, 3.63) is 29.8 Å². The van der Waals surface area contributed by atoms with Crippen LogP contribution in [0.25, 0.3) is 0 Å². The average Bonchev–Trinajstić information content (AvgIpc) is 3.22. The molecule has 4 heteroatoms. The molecule has 0 aromatic heterocycles. The Labute approximate surface area is 120 Å². The molecule has 1 atom stereocenters. The molecule has 20 heavy (non-hydrogen) atoms. The van der Waals surface area contributed by atoms with Gasteiger partial charge in [-0.2, -0.15) is 0 Å². The Morgan fingerprint density at radius 1 is 1.40 bits per heavy atom. The third-order valence-corrected chi connectivity index (χ3v) is 3.31. The highest BCUT2D eigenvalue weighted by Crippen LogP contribution is 2.29. The van der Waals surface area contributed by atoms with Gasteiger partial charge in [0.15, 0.2) is 0 Å². The standard InChI is InChI=1S/C16H23NO3/c1-11(2)20-14-6-4-5-13(9-14)15(16(18)19-3)17-10-12-7-8-12/h4-6,9,11-12,15,17H,7-8,10H2,1-3H3. The normalized spacial score (nSPS) is 16.0. The van der Waals surface area contributed by atoms with Gasteiger partial charge in [-0.05, 0) is 56.8 Å². The maximum absolute atomic E-state index is 12.0. The minimum atomic E-state index is -0.420. The SMILES string of the molecule is COC(=O)C(NCC1CC1)c1cccc(OC(C)C)c1. The van der Waals surface area contributed by atoms with Gasteiger partial charge in [-0.1, -0.05) is 12.1 Å². The molecular formula is C16H23NO3. The van der Waals surface area contributed by atoms with Crippen molar-refractivity contribution >= 4 is 5.97 Å². The van der Waals surface area contributed by atoms with Crippen LogP contribution in [0.3, 0.4) is 0 Å². The molecule has 1 N–H and O–H groups in total. The van der Waals surface area contributed by atoms with Crippen LogP contribution in [-0.2, 0) is 9.53 Å². The molecule has 1 saturated carbocycles. The van der Waals surface area contributed by atoms with Crippen molar-refractivity contribution < 1.29 is 14.3 Å². The van der Waals surface area contributed by atoms with E-state index in [0.717, 1.165) is 17.9 Å². The Morgan fingerprint density at radius 2 is 2.15 bits per heavy atom. The molecule has 1 unspecified atom stereocenters. The number of methoxy groups -OCH3 is 1. The summed E-state index contributed by atoms with van der Waals surface area (Å²) < 4.78 is 10.6. The van der Waals surface area contributed by atoms with Crippen molar-refractivity contribution in [2.24, 2.45) is 5.92 Å². The van der Waals surface area contributed by atoms with Crippen molar-refractivity contribution in [2.75, 3.05) is 13.7 Å². The van der Waals surface area contributed by atoms with Gasteiger partial charge >= 0.3 is 5.97 Å². The lowest BCUT2D eigenvalue weighted by atomic mass is 10.1. The Bertz CT molecular complexity index is 455. The first kappa shape index (κ1) is 14.9. The van der Waals surface area contributed by atoms with Crippen LogP contribution < -0.4 is 10.1 Å². The Balaban J connectivity index is 2.11. The number of ether oxygens (including phenoxy) is 2. The lowest BCUT2D eigenvalue weighted by Gasteiger charge is -2.18. The largest absolute Gasteiger partial charge is 0.491 e. The smallest absolute Gasteiger partial charge is 0.327 e. The Morgan fingerprint density at radius 3 is 2.75 bits per heavy atom. The molecule has 1 aliphatic rings. The fourth-order valence-electron chi connectivity index (χ4n) is 2.10. The first-order chi connectivity index (χ1) is 9.60. The van der Waals surface area contributed by atoms with E-state index in [-0.39, 0.29) is 12.1 Å². The van der Waals surface area contributed by atoms with Gasteiger partial charge in [0.25, 0.3) is 0 Å². The highest BCUT2D eigenvalue weighted by atomic mass is 16.5. The summed E-state index contributed by atoms with van der Waals surface area (Å²) in [5, 5.41) is 3.30. The third kappa shape index (κ3) is 4.23. The number of carbonyl (C=O) groups is 1. The molecular weight excluding hydrogens is 254 g/mol. The van der Waals surface area contributed by atoms with Crippen LogP contribution in [0.1, 0.15) is 38.3 Å². The fourth-order valence-corrected chi connectivity index (χ4v) is 2.10. The summed E-state index contributed by atoms with van der Waals surface area (Å²) in [4.78, 5) is 12.0. The Kier molecular flexibility index (Phi) is 5.01. The summed E-state index contributed by atoms with van der Waals surface area (Å²) in [5.74, 6) is 1.23. The predicted octanol–water partition coefficient (Wildman–Crippen LogP) is 2.69. The van der Waals surface area contributed by atoms with Crippen LogP contribution in [0.2, 0.25) is 0 Å². The van der Waals surface area contributed by atoms with Gasteiger partial charge in [-0.15, -0.1) is 0 Å². The second-order valence-corrected chi connectivity index (χ2v) is 5.55. The first-order valence-electron chi connectivity index (χ1n) is 7.18. The van der Waals surface area contributed by atoms with E-state index in [1.807, 2.05) is 38.1 Å². The van der Waals surface area contributed by atoms with E-state index in [1.165, 1.54) is 20.0 Å². The van der Waals surface area contributed by atoms with Gasteiger partial charge in [0.2, 0.25) is 0 Å². The molecule has 1 aliphatic carbocycles. The van der Waals surface area contributed by atoms with E-state index in [0.29, 0.717) is 5.92 Å². The van der Waals surface area contributed by atoms with E-state index in [1.54, 1.807) is 0 Å². The number of hydrogen-bond donors (Lipinski definition) is 1. The quantitative estimate of drug-likeness (QED) is 0.778. The highest BCUT2D eigenvalue weighted by molar-refractivity contribution is 5.77. The second-order valence-electron chi connectivity index (χ2n) is 5.55. The number of esters is 1. The van der Waals surface area contributed by atoms with E-state index >= 15 is 0 Å². The summed E-state index contributed by atoms with van der Waals surface area (Å²) >= 11 is 0. The van der Waals surface area contributed by atoms with Gasteiger partial charge in [0.1, 0.15) is 11.8 Å². The number of nitrogens with one attached hydrogen (secondary N) is 1. The summed E-state index contributed by atoms with van der Waals surface area (Å²) in [6, 6.07) is 7.22.